The van der Waals surface area contributed by atoms with E-state index in [1.807, 2.05) is 24.5 Å². The number of H-pyrrole nitrogens is 2. The molecule has 2 aromatic heterocycles. The Balaban J connectivity index is 1.45. The summed E-state index contributed by atoms with van der Waals surface area (Å²) >= 11 is 0. The summed E-state index contributed by atoms with van der Waals surface area (Å²) in [5.74, 6) is 1.83. The molecule has 0 fully saturated rings. The number of anilines is 1. The summed E-state index contributed by atoms with van der Waals surface area (Å²) in [5, 5.41) is 5.91. The molecule has 0 aliphatic heterocycles. The first-order valence-corrected chi connectivity index (χ1v) is 13.2. The lowest BCUT2D eigenvalue weighted by Crippen LogP contribution is -2.31. The number of imidazole rings is 2. The third-order valence-corrected chi connectivity index (χ3v) is 6.23. The zero-order valence-corrected chi connectivity index (χ0v) is 22.0. The van der Waals surface area contributed by atoms with Crippen LogP contribution in [0.2, 0.25) is 0 Å². The van der Waals surface area contributed by atoms with Crippen LogP contribution in [0.1, 0.15) is 69.7 Å². The Morgan fingerprint density at radius 2 is 1.67 bits per heavy atom. The fourth-order valence-corrected chi connectivity index (χ4v) is 4.32. The smallest absolute Gasteiger partial charge is 0.319 e. The zero-order chi connectivity index (χ0) is 25.6. The number of amides is 2. The van der Waals surface area contributed by atoms with Gasteiger partial charge in [0.05, 0.1) is 12.6 Å². The van der Waals surface area contributed by atoms with E-state index in [9.17, 15) is 4.79 Å². The highest BCUT2D eigenvalue weighted by Crippen LogP contribution is 2.22. The second-order valence-electron chi connectivity index (χ2n) is 9.22. The van der Waals surface area contributed by atoms with Crippen molar-refractivity contribution in [1.29, 1.82) is 0 Å². The molecular formula is C27H42N8O. The Kier molecular flexibility index (Phi) is 11.5. The Morgan fingerprint density at radius 3 is 2.31 bits per heavy atom. The number of benzene rings is 1. The molecule has 2 heterocycles. The zero-order valence-electron chi connectivity index (χ0n) is 22.0. The molecule has 3 rings (SSSR count). The maximum atomic E-state index is 12.3. The second kappa shape index (κ2) is 15.1. The van der Waals surface area contributed by atoms with Crippen LogP contribution < -0.4 is 10.6 Å². The highest BCUT2D eigenvalue weighted by Gasteiger charge is 2.19. The van der Waals surface area contributed by atoms with Crippen molar-refractivity contribution in [2.45, 2.75) is 65.6 Å². The van der Waals surface area contributed by atoms with Crippen LogP contribution in [0.3, 0.4) is 0 Å². The number of urea groups is 1. The summed E-state index contributed by atoms with van der Waals surface area (Å²) < 4.78 is 0. The van der Waals surface area contributed by atoms with Crippen molar-refractivity contribution < 1.29 is 4.79 Å². The number of hydrogen-bond acceptors (Lipinski definition) is 5. The van der Waals surface area contributed by atoms with Crippen molar-refractivity contribution in [2.75, 3.05) is 31.5 Å². The van der Waals surface area contributed by atoms with E-state index < -0.39 is 0 Å². The van der Waals surface area contributed by atoms with Gasteiger partial charge in [0.1, 0.15) is 11.6 Å². The summed E-state index contributed by atoms with van der Waals surface area (Å²) in [6, 6.07) is 7.93. The third kappa shape index (κ3) is 9.13. The third-order valence-electron chi connectivity index (χ3n) is 6.23. The first-order valence-electron chi connectivity index (χ1n) is 13.2. The molecule has 1 atom stereocenters. The summed E-state index contributed by atoms with van der Waals surface area (Å²) in [7, 11) is 0. The lowest BCUT2D eigenvalue weighted by atomic mass is 10.1. The van der Waals surface area contributed by atoms with E-state index in [2.05, 4.69) is 73.3 Å². The molecule has 9 nitrogen and oxygen atoms in total. The van der Waals surface area contributed by atoms with Crippen molar-refractivity contribution in [3.8, 4) is 0 Å². The van der Waals surface area contributed by atoms with Gasteiger partial charge in [0.15, 0.2) is 0 Å². The average molecular weight is 495 g/mol. The van der Waals surface area contributed by atoms with E-state index >= 15 is 0 Å². The molecule has 36 heavy (non-hydrogen) atoms. The molecule has 0 radical (unpaired) electrons. The summed E-state index contributed by atoms with van der Waals surface area (Å²) in [5.41, 5.74) is 1.93. The highest BCUT2D eigenvalue weighted by atomic mass is 16.2. The number of unbranched alkanes of at least 4 members (excludes halogenated alkanes) is 1. The molecule has 0 saturated carbocycles. The molecule has 0 saturated heterocycles. The molecule has 0 aliphatic rings. The fourth-order valence-electron chi connectivity index (χ4n) is 4.32. The minimum Gasteiger partial charge on any atom is -0.348 e. The SMILES string of the molecule is CCCN(CCC)CCCCNC(=O)Nc1ccc(CN(Cc2ncc[nH]2)C(C)c2ncc[nH]2)cc1. The molecule has 4 N–H and O–H groups in total. The van der Waals surface area contributed by atoms with Gasteiger partial charge in [0.25, 0.3) is 0 Å². The van der Waals surface area contributed by atoms with E-state index in [0.717, 1.165) is 61.9 Å². The molecule has 0 spiro atoms. The number of rotatable bonds is 16. The van der Waals surface area contributed by atoms with Crippen molar-refractivity contribution in [3.05, 3.63) is 66.3 Å². The normalized spacial score (nSPS) is 12.2. The van der Waals surface area contributed by atoms with Gasteiger partial charge in [-0.2, -0.15) is 0 Å². The number of aromatic nitrogens is 4. The molecule has 1 aromatic carbocycles. The lowest BCUT2D eigenvalue weighted by molar-refractivity contribution is 0.181. The van der Waals surface area contributed by atoms with Gasteiger partial charge >= 0.3 is 6.03 Å². The van der Waals surface area contributed by atoms with Crippen LogP contribution in [0.4, 0.5) is 10.5 Å². The van der Waals surface area contributed by atoms with E-state index in [1.165, 1.54) is 12.8 Å². The van der Waals surface area contributed by atoms with Gasteiger partial charge in [0, 0.05) is 43.6 Å². The average Bonchev–Trinajstić information content (AvgIpc) is 3.59. The number of nitrogens with one attached hydrogen (secondary N) is 4. The van der Waals surface area contributed by atoms with Gasteiger partial charge in [-0.05, 0) is 69.9 Å². The van der Waals surface area contributed by atoms with Crippen LogP contribution in [0, 0.1) is 0 Å². The second-order valence-corrected chi connectivity index (χ2v) is 9.22. The fraction of sp³-hybridized carbons (Fsp3) is 0.519. The topological polar surface area (TPSA) is 105 Å². The summed E-state index contributed by atoms with van der Waals surface area (Å²) in [6.45, 7) is 12.1. The molecule has 2 amide bonds. The molecule has 0 aliphatic carbocycles. The summed E-state index contributed by atoms with van der Waals surface area (Å²) in [4.78, 5) is 32.3. The minimum absolute atomic E-state index is 0.0877. The van der Waals surface area contributed by atoms with Crippen LogP contribution in [-0.2, 0) is 13.1 Å². The van der Waals surface area contributed by atoms with Gasteiger partial charge in [-0.15, -0.1) is 0 Å². The predicted octanol–water partition coefficient (Wildman–Crippen LogP) is 4.92. The Labute approximate surface area is 215 Å². The van der Waals surface area contributed by atoms with Gasteiger partial charge in [-0.1, -0.05) is 26.0 Å². The van der Waals surface area contributed by atoms with Crippen molar-refractivity contribution in [2.24, 2.45) is 0 Å². The predicted molar refractivity (Wildman–Crippen MR) is 145 cm³/mol. The molecule has 0 bridgehead atoms. The van der Waals surface area contributed by atoms with Crippen LogP contribution in [0.15, 0.2) is 49.1 Å². The number of nitrogens with zero attached hydrogens (tertiary/aromatic N) is 4. The van der Waals surface area contributed by atoms with Crippen molar-refractivity contribution in [1.82, 2.24) is 35.1 Å². The lowest BCUT2D eigenvalue weighted by Gasteiger charge is -2.27. The maximum Gasteiger partial charge on any atom is 0.319 e. The Morgan fingerprint density at radius 1 is 0.944 bits per heavy atom. The van der Waals surface area contributed by atoms with Crippen LogP contribution >= 0.6 is 0 Å². The van der Waals surface area contributed by atoms with E-state index in [-0.39, 0.29) is 12.1 Å². The van der Waals surface area contributed by atoms with Crippen LogP contribution in [0.5, 0.6) is 0 Å². The standard InChI is InChI=1S/C27H42N8O/c1-4-17-34(18-5-2)19-7-6-12-32-27(36)33-24-10-8-23(9-11-24)20-35(21-25-28-13-14-29-25)22(3)26-30-15-16-31-26/h8-11,13-16,22H,4-7,12,17-21H2,1-3H3,(H,28,29)(H,30,31)(H2,32,33,36). The van der Waals surface area contributed by atoms with Crippen LogP contribution in [0.25, 0.3) is 0 Å². The van der Waals surface area contributed by atoms with Gasteiger partial charge in [0.2, 0.25) is 0 Å². The molecule has 3 aromatic rings. The number of carbonyl (C=O) groups is 1. The highest BCUT2D eigenvalue weighted by molar-refractivity contribution is 5.89. The van der Waals surface area contributed by atoms with Gasteiger partial charge in [-0.25, -0.2) is 14.8 Å². The summed E-state index contributed by atoms with van der Waals surface area (Å²) in [6.07, 6.45) is 11.7. The Hall–Kier alpha value is -3.17. The quantitative estimate of drug-likeness (QED) is 0.212. The van der Waals surface area contributed by atoms with Crippen molar-refractivity contribution >= 4 is 11.7 Å². The van der Waals surface area contributed by atoms with E-state index in [0.29, 0.717) is 13.1 Å². The van der Waals surface area contributed by atoms with Gasteiger partial charge < -0.3 is 25.5 Å². The molecule has 196 valence electrons. The van der Waals surface area contributed by atoms with E-state index in [1.54, 1.807) is 12.4 Å². The number of hydrogen-bond donors (Lipinski definition) is 4. The first-order chi connectivity index (χ1) is 17.6. The number of carbonyl (C=O) groups excluding carboxylic acids is 1. The number of aromatic amines is 2. The van der Waals surface area contributed by atoms with Crippen molar-refractivity contribution in [3.63, 3.8) is 0 Å². The van der Waals surface area contributed by atoms with Crippen LogP contribution in [-0.4, -0.2) is 61.9 Å². The van der Waals surface area contributed by atoms with E-state index in [4.69, 9.17) is 0 Å². The molecular weight excluding hydrogens is 452 g/mol. The molecule has 9 heteroatoms. The largest absolute Gasteiger partial charge is 0.348 e. The first kappa shape index (κ1) is 27.4. The monoisotopic (exact) mass is 494 g/mol. The maximum absolute atomic E-state index is 12.3. The van der Waals surface area contributed by atoms with Gasteiger partial charge in [-0.3, -0.25) is 4.90 Å². The molecule has 1 unspecified atom stereocenters. The minimum atomic E-state index is -0.160. The Bertz CT molecular complexity index is 966.